The van der Waals surface area contributed by atoms with Gasteiger partial charge in [0.2, 0.25) is 17.6 Å². The van der Waals surface area contributed by atoms with Crippen molar-refractivity contribution in [3.63, 3.8) is 0 Å². The number of likely N-dealkylation sites (N-methyl/N-ethyl adjacent to an activating group) is 2. The van der Waals surface area contributed by atoms with Gasteiger partial charge >= 0.3 is 11.9 Å². The van der Waals surface area contributed by atoms with Crippen molar-refractivity contribution in [1.29, 1.82) is 0 Å². The Hall–Kier alpha value is -4.46. The van der Waals surface area contributed by atoms with E-state index < -0.39 is 29.3 Å². The smallest absolute Gasteiger partial charge is 0.422 e. The maximum absolute atomic E-state index is 13.0. The highest BCUT2D eigenvalue weighted by Crippen LogP contribution is 2.37. The number of aromatic nitrogens is 4. The quantitative estimate of drug-likeness (QED) is 0.226. The number of ether oxygens (including phenoxy) is 1. The van der Waals surface area contributed by atoms with Gasteiger partial charge in [0.1, 0.15) is 5.69 Å². The molecule has 3 heterocycles. The molecule has 1 aromatic carbocycles. The molecule has 4 aromatic rings. The average molecular weight is 545 g/mol. The third-order valence-corrected chi connectivity index (χ3v) is 5.84. The lowest BCUT2D eigenvalue weighted by molar-refractivity contribution is -0.384. The molecule has 0 aliphatic carbocycles. The number of nitrogens with zero attached hydrogens (tertiary/aromatic N) is 7. The van der Waals surface area contributed by atoms with Crippen molar-refractivity contribution in [2.75, 3.05) is 51.1 Å². The van der Waals surface area contributed by atoms with E-state index in [0.717, 1.165) is 22.5 Å². The molecule has 0 amide bonds. The van der Waals surface area contributed by atoms with E-state index >= 15 is 0 Å². The van der Waals surface area contributed by atoms with Crippen molar-refractivity contribution in [2.24, 2.45) is 7.05 Å². The van der Waals surface area contributed by atoms with Crippen LogP contribution in [0.3, 0.4) is 0 Å². The summed E-state index contributed by atoms with van der Waals surface area (Å²) in [6, 6.07) is 10.5. The number of halogens is 3. The summed E-state index contributed by atoms with van der Waals surface area (Å²) >= 11 is 0. The first-order valence-electron chi connectivity index (χ1n) is 11.8. The lowest BCUT2D eigenvalue weighted by Crippen LogP contribution is -2.29. The molecule has 0 saturated heterocycles. The zero-order valence-corrected chi connectivity index (χ0v) is 21.7. The molecule has 206 valence electrons. The topological polar surface area (TPSA) is 114 Å². The molecule has 1 N–H and O–H groups in total. The molecule has 0 saturated carbocycles. The first-order chi connectivity index (χ1) is 18.4. The number of hydrogen-bond donors (Lipinski definition) is 1. The number of nitrogens with one attached hydrogen (secondary N) is 1. The van der Waals surface area contributed by atoms with Crippen molar-refractivity contribution in [3.05, 3.63) is 58.9 Å². The maximum Gasteiger partial charge on any atom is 0.422 e. The highest BCUT2D eigenvalue weighted by molar-refractivity contribution is 5.95. The Bertz CT molecular complexity index is 1490. The second-order valence-corrected chi connectivity index (χ2v) is 9.13. The minimum Gasteiger partial charge on any atom is -0.466 e. The van der Waals surface area contributed by atoms with Gasteiger partial charge in [-0.05, 0) is 26.2 Å². The predicted octanol–water partition coefficient (Wildman–Crippen LogP) is 4.62. The van der Waals surface area contributed by atoms with Crippen LogP contribution in [0.25, 0.3) is 22.2 Å². The fraction of sp³-hybridized carbons (Fsp3) is 0.320. The zero-order chi connectivity index (χ0) is 28.3. The summed E-state index contributed by atoms with van der Waals surface area (Å²) in [7, 11) is 7.12. The van der Waals surface area contributed by atoms with Crippen LogP contribution in [0.4, 0.5) is 36.3 Å². The van der Waals surface area contributed by atoms with Crippen molar-refractivity contribution in [1.82, 2.24) is 24.4 Å². The zero-order valence-electron chi connectivity index (χ0n) is 21.7. The fourth-order valence-electron chi connectivity index (χ4n) is 3.93. The lowest BCUT2D eigenvalue weighted by atomic mass is 10.1. The summed E-state index contributed by atoms with van der Waals surface area (Å²) in [5.74, 6) is -0.596. The van der Waals surface area contributed by atoms with Crippen LogP contribution in [0, 0.1) is 10.1 Å². The Balaban J connectivity index is 1.74. The number of pyridine rings is 1. The summed E-state index contributed by atoms with van der Waals surface area (Å²) in [5.41, 5.74) is 1.75. The molecular formula is C25H27F3N8O3. The van der Waals surface area contributed by atoms with Crippen LogP contribution in [0.2, 0.25) is 0 Å². The van der Waals surface area contributed by atoms with Crippen LogP contribution in [-0.2, 0) is 7.05 Å². The van der Waals surface area contributed by atoms with Crippen molar-refractivity contribution >= 4 is 34.0 Å². The molecule has 3 aromatic heterocycles. The van der Waals surface area contributed by atoms with Gasteiger partial charge in [0.15, 0.2) is 6.61 Å². The predicted molar refractivity (Wildman–Crippen MR) is 141 cm³/mol. The van der Waals surface area contributed by atoms with Crippen LogP contribution in [0.5, 0.6) is 5.88 Å². The highest BCUT2D eigenvalue weighted by atomic mass is 19.4. The molecule has 0 bridgehead atoms. The molecule has 0 aliphatic rings. The lowest BCUT2D eigenvalue weighted by Gasteiger charge is -2.22. The van der Waals surface area contributed by atoms with Gasteiger partial charge in [-0.2, -0.15) is 18.2 Å². The molecule has 11 nitrogen and oxygen atoms in total. The Morgan fingerprint density at radius 1 is 1.13 bits per heavy atom. The van der Waals surface area contributed by atoms with E-state index in [1.165, 1.54) is 11.1 Å². The van der Waals surface area contributed by atoms with Gasteiger partial charge in [0.25, 0.3) is 0 Å². The van der Waals surface area contributed by atoms with E-state index in [0.29, 0.717) is 18.8 Å². The van der Waals surface area contributed by atoms with E-state index in [1.807, 2.05) is 61.1 Å². The largest absolute Gasteiger partial charge is 0.466 e. The van der Waals surface area contributed by atoms with Crippen LogP contribution < -0.4 is 15.0 Å². The second kappa shape index (κ2) is 11.1. The number of aryl methyl sites for hydroxylation is 1. The Morgan fingerprint density at radius 3 is 2.56 bits per heavy atom. The average Bonchev–Trinajstić information content (AvgIpc) is 3.22. The Morgan fingerprint density at radius 2 is 1.87 bits per heavy atom. The van der Waals surface area contributed by atoms with E-state index in [2.05, 4.69) is 20.3 Å². The van der Waals surface area contributed by atoms with Crippen molar-refractivity contribution in [3.8, 4) is 17.1 Å². The monoisotopic (exact) mass is 544 g/mol. The number of benzene rings is 1. The van der Waals surface area contributed by atoms with Gasteiger partial charge in [-0.3, -0.25) is 10.1 Å². The molecule has 0 atom stereocenters. The SMILES string of the molecule is CN(C)CCN(C)c1nc(OCC(F)(F)F)c(Nc2nccc(-c3cn(C)c4ccccc34)n2)cc1[N+](=O)[O-]. The molecule has 0 spiro atoms. The summed E-state index contributed by atoms with van der Waals surface area (Å²) in [6.07, 6.45) is -1.27. The van der Waals surface area contributed by atoms with Crippen LogP contribution in [0.1, 0.15) is 0 Å². The number of fused-ring (bicyclic) bond motifs is 1. The van der Waals surface area contributed by atoms with E-state index in [9.17, 15) is 23.3 Å². The first-order valence-corrected chi connectivity index (χ1v) is 11.8. The Kier molecular flexibility index (Phi) is 7.85. The second-order valence-electron chi connectivity index (χ2n) is 9.13. The minimum atomic E-state index is -4.65. The number of hydrogen-bond acceptors (Lipinski definition) is 9. The summed E-state index contributed by atoms with van der Waals surface area (Å²) in [4.78, 5) is 27.4. The summed E-state index contributed by atoms with van der Waals surface area (Å²) in [5, 5.41) is 15.6. The van der Waals surface area contributed by atoms with Crippen molar-refractivity contribution in [2.45, 2.75) is 6.18 Å². The van der Waals surface area contributed by atoms with Gasteiger partial charge in [0.05, 0.1) is 10.6 Å². The van der Waals surface area contributed by atoms with Gasteiger partial charge < -0.3 is 24.4 Å². The van der Waals surface area contributed by atoms with Gasteiger partial charge in [0, 0.05) is 62.1 Å². The van der Waals surface area contributed by atoms with E-state index in [4.69, 9.17) is 4.74 Å². The van der Waals surface area contributed by atoms with Crippen LogP contribution >= 0.6 is 0 Å². The van der Waals surface area contributed by atoms with Gasteiger partial charge in [-0.15, -0.1) is 0 Å². The number of rotatable bonds is 10. The maximum atomic E-state index is 13.0. The first kappa shape index (κ1) is 27.6. The molecule has 0 radical (unpaired) electrons. The standard InChI is InChI=1S/C25H27F3N8O3/c1-33(2)11-12-34(3)22-21(36(37)38)13-19(23(32-22)39-15-25(26,27)28)31-24-29-10-9-18(30-24)17-14-35(4)20-8-6-5-7-16(17)20/h5-10,13-14H,11-12,15H2,1-4H3,(H,29,30,31). The molecular weight excluding hydrogens is 517 g/mol. The fourth-order valence-corrected chi connectivity index (χ4v) is 3.93. The molecule has 4 rings (SSSR count). The van der Waals surface area contributed by atoms with E-state index in [-0.39, 0.29) is 17.5 Å². The number of alkyl halides is 3. The summed E-state index contributed by atoms with van der Waals surface area (Å²) in [6.45, 7) is -0.768. The molecule has 0 fully saturated rings. The van der Waals surface area contributed by atoms with E-state index in [1.54, 1.807) is 13.1 Å². The number of para-hydroxylation sites is 1. The summed E-state index contributed by atoms with van der Waals surface area (Å²) < 4.78 is 46.0. The van der Waals surface area contributed by atoms with Crippen LogP contribution in [-0.4, -0.2) is 76.4 Å². The number of anilines is 3. The highest BCUT2D eigenvalue weighted by Gasteiger charge is 2.31. The minimum absolute atomic E-state index is 0.00195. The normalized spacial score (nSPS) is 11.7. The third-order valence-electron chi connectivity index (χ3n) is 5.84. The van der Waals surface area contributed by atoms with Gasteiger partial charge in [-0.1, -0.05) is 18.2 Å². The molecule has 39 heavy (non-hydrogen) atoms. The third kappa shape index (κ3) is 6.52. The molecule has 0 aliphatic heterocycles. The molecule has 0 unspecified atom stereocenters. The molecule has 14 heteroatoms. The van der Waals surface area contributed by atoms with Gasteiger partial charge in [-0.25, -0.2) is 9.97 Å². The van der Waals surface area contributed by atoms with Crippen molar-refractivity contribution < 1.29 is 22.8 Å². The number of nitro groups is 1. The van der Waals surface area contributed by atoms with Crippen LogP contribution in [0.15, 0.2) is 48.8 Å². The Labute approximate surface area is 222 Å².